The van der Waals surface area contributed by atoms with Crippen LogP contribution in [0.2, 0.25) is 0 Å². The highest BCUT2D eigenvalue weighted by atomic mass is 35.5. The van der Waals surface area contributed by atoms with E-state index in [0.717, 1.165) is 24.2 Å². The quantitative estimate of drug-likeness (QED) is 0.818. The second-order valence-corrected chi connectivity index (χ2v) is 8.09. The lowest BCUT2D eigenvalue weighted by Gasteiger charge is -2.59. The van der Waals surface area contributed by atoms with Crippen LogP contribution in [0.15, 0.2) is 0 Å². The van der Waals surface area contributed by atoms with E-state index in [1.54, 1.807) is 0 Å². The number of rotatable bonds is 5. The fourth-order valence-electron chi connectivity index (χ4n) is 5.53. The monoisotopic (exact) mass is 314 g/mol. The first kappa shape index (κ1) is 17.1. The number of amides is 1. The van der Waals surface area contributed by atoms with E-state index >= 15 is 0 Å². The Kier molecular flexibility index (Phi) is 5.25. The summed E-state index contributed by atoms with van der Waals surface area (Å²) in [4.78, 5) is 12.1. The second kappa shape index (κ2) is 6.45. The number of hydrogen-bond acceptors (Lipinski definition) is 2. The normalized spacial score (nSPS) is 39.5. The van der Waals surface area contributed by atoms with Gasteiger partial charge in [0.05, 0.1) is 0 Å². The van der Waals surface area contributed by atoms with Gasteiger partial charge in [-0.15, -0.1) is 12.4 Å². The molecule has 2 atom stereocenters. The molecule has 0 radical (unpaired) electrons. The van der Waals surface area contributed by atoms with E-state index in [9.17, 15) is 4.79 Å². The predicted octanol–water partition coefficient (Wildman–Crippen LogP) is 3.26. The van der Waals surface area contributed by atoms with Gasteiger partial charge in [0.15, 0.2) is 0 Å². The van der Waals surface area contributed by atoms with Crippen molar-refractivity contribution in [2.45, 2.75) is 77.3 Å². The maximum atomic E-state index is 12.1. The summed E-state index contributed by atoms with van der Waals surface area (Å²) < 4.78 is 0. The number of nitrogens with two attached hydrogens (primary N) is 1. The zero-order chi connectivity index (χ0) is 14.3. The van der Waals surface area contributed by atoms with E-state index in [1.807, 2.05) is 6.92 Å². The Labute approximate surface area is 135 Å². The zero-order valence-corrected chi connectivity index (χ0v) is 14.3. The number of hydrogen-bond donors (Lipinski definition) is 2. The first-order valence-electron chi connectivity index (χ1n) is 8.52. The van der Waals surface area contributed by atoms with Crippen LogP contribution in [0.3, 0.4) is 0 Å². The van der Waals surface area contributed by atoms with E-state index in [1.165, 1.54) is 38.5 Å². The van der Waals surface area contributed by atoms with Crippen molar-refractivity contribution >= 4 is 18.3 Å². The first-order chi connectivity index (χ1) is 9.47. The highest BCUT2D eigenvalue weighted by molar-refractivity contribution is 5.85. The van der Waals surface area contributed by atoms with Crippen LogP contribution in [0.5, 0.6) is 0 Å². The van der Waals surface area contributed by atoms with Crippen LogP contribution in [0.1, 0.15) is 65.2 Å². The minimum atomic E-state index is 0. The molecule has 0 heterocycles. The van der Waals surface area contributed by atoms with Gasteiger partial charge in [0.2, 0.25) is 5.91 Å². The summed E-state index contributed by atoms with van der Waals surface area (Å²) in [6, 6.07) is 0.465. The van der Waals surface area contributed by atoms with Gasteiger partial charge in [-0.05, 0) is 82.0 Å². The third kappa shape index (κ3) is 3.56. The topological polar surface area (TPSA) is 55.1 Å². The van der Waals surface area contributed by atoms with Crippen LogP contribution in [0, 0.1) is 23.2 Å². The summed E-state index contributed by atoms with van der Waals surface area (Å²) in [6.07, 6.45) is 9.82. The van der Waals surface area contributed by atoms with Gasteiger partial charge in [0.1, 0.15) is 0 Å². The van der Waals surface area contributed by atoms with Gasteiger partial charge in [-0.3, -0.25) is 4.79 Å². The molecule has 4 heteroatoms. The minimum Gasteiger partial charge on any atom is -0.353 e. The Morgan fingerprint density at radius 2 is 1.62 bits per heavy atom. The molecule has 4 aliphatic rings. The van der Waals surface area contributed by atoms with Crippen molar-refractivity contribution in [1.82, 2.24) is 5.32 Å². The molecular weight excluding hydrogens is 284 g/mol. The summed E-state index contributed by atoms with van der Waals surface area (Å²) in [6.45, 7) is 4.21. The Morgan fingerprint density at radius 3 is 2.05 bits per heavy atom. The Bertz CT molecular complexity index is 348. The Hall–Kier alpha value is -0.280. The van der Waals surface area contributed by atoms with Gasteiger partial charge in [-0.1, -0.05) is 0 Å². The van der Waals surface area contributed by atoms with E-state index in [2.05, 4.69) is 12.2 Å². The molecule has 3 nitrogen and oxygen atoms in total. The van der Waals surface area contributed by atoms with Crippen molar-refractivity contribution < 1.29 is 4.79 Å². The van der Waals surface area contributed by atoms with Gasteiger partial charge in [0, 0.05) is 18.5 Å². The van der Waals surface area contributed by atoms with Crippen molar-refractivity contribution in [2.24, 2.45) is 28.9 Å². The molecule has 0 aliphatic heterocycles. The van der Waals surface area contributed by atoms with E-state index in [0.29, 0.717) is 17.9 Å². The number of carbonyl (C=O) groups is 1. The summed E-state index contributed by atoms with van der Waals surface area (Å²) >= 11 is 0. The molecule has 0 spiro atoms. The van der Waals surface area contributed by atoms with Crippen LogP contribution in [-0.4, -0.2) is 18.0 Å². The second-order valence-electron chi connectivity index (χ2n) is 8.09. The molecule has 0 saturated heterocycles. The van der Waals surface area contributed by atoms with Crippen LogP contribution < -0.4 is 11.1 Å². The number of carbonyl (C=O) groups excluding carboxylic acids is 1. The molecule has 3 N–H and O–H groups in total. The average molecular weight is 315 g/mol. The van der Waals surface area contributed by atoms with Crippen molar-refractivity contribution in [3.63, 3.8) is 0 Å². The highest BCUT2D eigenvalue weighted by Crippen LogP contribution is 2.61. The maximum Gasteiger partial charge on any atom is 0.220 e. The van der Waals surface area contributed by atoms with E-state index in [-0.39, 0.29) is 24.4 Å². The largest absolute Gasteiger partial charge is 0.353 e. The minimum absolute atomic E-state index is 0. The van der Waals surface area contributed by atoms with Gasteiger partial charge in [-0.2, -0.15) is 0 Å². The van der Waals surface area contributed by atoms with E-state index < -0.39 is 0 Å². The summed E-state index contributed by atoms with van der Waals surface area (Å²) in [7, 11) is 0. The van der Waals surface area contributed by atoms with Crippen LogP contribution in [-0.2, 0) is 4.79 Å². The molecule has 1 amide bonds. The molecule has 21 heavy (non-hydrogen) atoms. The molecule has 0 aromatic heterocycles. The molecule has 0 aromatic rings. The van der Waals surface area contributed by atoms with Crippen molar-refractivity contribution in [1.29, 1.82) is 0 Å². The molecule has 4 rings (SSSR count). The fourth-order valence-corrected chi connectivity index (χ4v) is 5.53. The molecule has 4 aliphatic carbocycles. The molecule has 122 valence electrons. The van der Waals surface area contributed by atoms with E-state index in [4.69, 9.17) is 5.73 Å². The van der Waals surface area contributed by atoms with Crippen LogP contribution >= 0.6 is 12.4 Å². The molecule has 4 saturated carbocycles. The maximum absolute atomic E-state index is 12.1. The third-order valence-corrected chi connectivity index (χ3v) is 6.21. The van der Waals surface area contributed by atoms with Crippen molar-refractivity contribution in [3.05, 3.63) is 0 Å². The predicted molar refractivity (Wildman–Crippen MR) is 88.3 cm³/mol. The van der Waals surface area contributed by atoms with Crippen LogP contribution in [0.4, 0.5) is 0 Å². The molecule has 4 fully saturated rings. The first-order valence-corrected chi connectivity index (χ1v) is 8.52. The lowest BCUT2D eigenvalue weighted by molar-refractivity contribution is -0.126. The van der Waals surface area contributed by atoms with Gasteiger partial charge in [-0.25, -0.2) is 0 Å². The summed E-state index contributed by atoms with van der Waals surface area (Å²) in [5.74, 6) is 3.05. The summed E-state index contributed by atoms with van der Waals surface area (Å²) in [5, 5.41) is 3.30. The van der Waals surface area contributed by atoms with Crippen molar-refractivity contribution in [3.8, 4) is 0 Å². The molecular formula is C17H31ClN2O. The number of halogens is 1. The third-order valence-electron chi connectivity index (χ3n) is 6.21. The zero-order valence-electron chi connectivity index (χ0n) is 13.4. The highest BCUT2D eigenvalue weighted by Gasteiger charge is 2.53. The standard InChI is InChI=1S/C17H30N2O.ClH/c1-11(18)3-4-16(20)19-12(2)17-8-13-5-14(9-17)7-15(6-13)10-17;/h11-15H,3-10,18H2,1-2H3,(H,19,20);1H. The van der Waals surface area contributed by atoms with Crippen LogP contribution in [0.25, 0.3) is 0 Å². The van der Waals surface area contributed by atoms with Gasteiger partial charge in [0.25, 0.3) is 0 Å². The number of nitrogens with one attached hydrogen (secondary N) is 1. The molecule has 2 unspecified atom stereocenters. The Balaban J connectivity index is 0.00000161. The fraction of sp³-hybridized carbons (Fsp3) is 0.941. The van der Waals surface area contributed by atoms with Gasteiger partial charge >= 0.3 is 0 Å². The van der Waals surface area contributed by atoms with Crippen molar-refractivity contribution in [2.75, 3.05) is 0 Å². The summed E-state index contributed by atoms with van der Waals surface area (Å²) in [5.41, 5.74) is 6.15. The molecule has 0 aromatic carbocycles. The Morgan fingerprint density at radius 1 is 1.14 bits per heavy atom. The molecule has 4 bridgehead atoms. The lowest BCUT2D eigenvalue weighted by Crippen LogP contribution is -2.55. The average Bonchev–Trinajstić information content (AvgIpc) is 2.34. The van der Waals surface area contributed by atoms with Gasteiger partial charge < -0.3 is 11.1 Å². The smallest absolute Gasteiger partial charge is 0.220 e. The SMILES string of the molecule is CC(N)CCC(=O)NC(C)C12CC3CC(CC(C3)C1)C2.Cl. The lowest BCUT2D eigenvalue weighted by atomic mass is 9.48.